The quantitative estimate of drug-likeness (QED) is 0.731. The van der Waals surface area contributed by atoms with E-state index in [1.807, 2.05) is 33.8 Å². The van der Waals surface area contributed by atoms with E-state index in [0.29, 0.717) is 18.8 Å². The van der Waals surface area contributed by atoms with Gasteiger partial charge in [0.15, 0.2) is 6.10 Å². The van der Waals surface area contributed by atoms with E-state index < -0.39 is 16.1 Å². The molecule has 1 aliphatic heterocycles. The molecule has 1 saturated heterocycles. The smallest absolute Gasteiger partial charge is 0.263 e. The predicted octanol–water partition coefficient (Wildman–Crippen LogP) is 3.22. The molecule has 30 heavy (non-hydrogen) atoms. The monoisotopic (exact) mass is 430 g/mol. The number of rotatable bonds is 5. The number of nitrogens with zero attached hydrogens (tertiary/aromatic N) is 2. The number of amides is 1. The second-order valence-electron chi connectivity index (χ2n) is 8.01. The van der Waals surface area contributed by atoms with Crippen molar-refractivity contribution < 1.29 is 17.9 Å². The summed E-state index contributed by atoms with van der Waals surface area (Å²) in [5, 5.41) is 0. The Morgan fingerprint density at radius 2 is 1.53 bits per heavy atom. The van der Waals surface area contributed by atoms with Crippen LogP contribution in [0.4, 0.5) is 0 Å². The van der Waals surface area contributed by atoms with Gasteiger partial charge >= 0.3 is 0 Å². The molecule has 0 unspecified atom stereocenters. The predicted molar refractivity (Wildman–Crippen MR) is 117 cm³/mol. The fourth-order valence-electron chi connectivity index (χ4n) is 3.63. The molecule has 1 amide bonds. The van der Waals surface area contributed by atoms with Gasteiger partial charge in [0.25, 0.3) is 5.91 Å². The Hall–Kier alpha value is -2.38. The van der Waals surface area contributed by atoms with Gasteiger partial charge in [-0.25, -0.2) is 8.42 Å². The van der Waals surface area contributed by atoms with Crippen LogP contribution in [0.15, 0.2) is 41.3 Å². The van der Waals surface area contributed by atoms with Gasteiger partial charge < -0.3 is 9.64 Å². The molecule has 0 aliphatic carbocycles. The topological polar surface area (TPSA) is 66.9 Å². The van der Waals surface area contributed by atoms with Gasteiger partial charge in [0, 0.05) is 26.2 Å². The number of hydrogen-bond donors (Lipinski definition) is 0. The van der Waals surface area contributed by atoms with Crippen LogP contribution in [0.5, 0.6) is 5.75 Å². The summed E-state index contributed by atoms with van der Waals surface area (Å²) in [7, 11) is -3.55. The van der Waals surface area contributed by atoms with Crippen molar-refractivity contribution in [3.63, 3.8) is 0 Å². The maximum atomic E-state index is 12.9. The van der Waals surface area contributed by atoms with E-state index in [-0.39, 0.29) is 23.9 Å². The molecular weight excluding hydrogens is 400 g/mol. The van der Waals surface area contributed by atoms with Crippen molar-refractivity contribution in [2.75, 3.05) is 26.2 Å². The molecule has 7 heteroatoms. The number of piperazine rings is 1. The number of carbonyl (C=O) groups excluding carboxylic acids is 1. The van der Waals surface area contributed by atoms with Crippen LogP contribution in [-0.2, 0) is 14.8 Å². The molecule has 0 saturated carbocycles. The lowest BCUT2D eigenvalue weighted by Gasteiger charge is -2.35. The Morgan fingerprint density at radius 1 is 0.933 bits per heavy atom. The highest BCUT2D eigenvalue weighted by molar-refractivity contribution is 7.89. The van der Waals surface area contributed by atoms with E-state index in [9.17, 15) is 13.2 Å². The minimum atomic E-state index is -3.55. The zero-order valence-corrected chi connectivity index (χ0v) is 19.1. The second kappa shape index (κ2) is 8.78. The Kier molecular flexibility index (Phi) is 6.53. The van der Waals surface area contributed by atoms with Gasteiger partial charge in [0.05, 0.1) is 4.90 Å². The second-order valence-corrected chi connectivity index (χ2v) is 9.95. The first kappa shape index (κ1) is 22.3. The van der Waals surface area contributed by atoms with Crippen LogP contribution in [0, 0.1) is 27.7 Å². The SMILES string of the molecule is Cc1ccc(S(=O)(=O)N2CCN(C(=O)[C@@H](C)Oc3cc(C)cc(C)c3C)CC2)cc1. The molecule has 0 bridgehead atoms. The van der Waals surface area contributed by atoms with Crippen LogP contribution in [0.3, 0.4) is 0 Å². The van der Waals surface area contributed by atoms with Gasteiger partial charge in [0.2, 0.25) is 10.0 Å². The summed E-state index contributed by atoms with van der Waals surface area (Å²) in [6.07, 6.45) is -0.634. The number of hydrogen-bond acceptors (Lipinski definition) is 4. The number of ether oxygens (including phenoxy) is 1. The van der Waals surface area contributed by atoms with Gasteiger partial charge in [-0.3, -0.25) is 4.79 Å². The molecule has 0 N–H and O–H groups in total. The number of aryl methyl sites for hydroxylation is 3. The van der Waals surface area contributed by atoms with E-state index in [2.05, 4.69) is 6.07 Å². The molecule has 162 valence electrons. The van der Waals surface area contributed by atoms with Crippen LogP contribution >= 0.6 is 0 Å². The Balaban J connectivity index is 1.63. The third kappa shape index (κ3) is 4.68. The molecule has 0 aromatic heterocycles. The lowest BCUT2D eigenvalue weighted by molar-refractivity contribution is -0.139. The van der Waals surface area contributed by atoms with Crippen molar-refractivity contribution >= 4 is 15.9 Å². The molecule has 1 fully saturated rings. The third-order valence-electron chi connectivity index (χ3n) is 5.62. The van der Waals surface area contributed by atoms with E-state index in [1.54, 1.807) is 36.1 Å². The van der Waals surface area contributed by atoms with Crippen LogP contribution in [-0.4, -0.2) is 55.8 Å². The Labute approximate surface area is 179 Å². The molecule has 1 heterocycles. The summed E-state index contributed by atoms with van der Waals surface area (Å²) in [6, 6.07) is 10.9. The maximum absolute atomic E-state index is 12.9. The molecule has 1 atom stereocenters. The van der Waals surface area contributed by atoms with E-state index in [4.69, 9.17) is 4.74 Å². The van der Waals surface area contributed by atoms with E-state index in [1.165, 1.54) is 4.31 Å². The van der Waals surface area contributed by atoms with Crippen molar-refractivity contribution in [2.45, 2.75) is 45.6 Å². The van der Waals surface area contributed by atoms with Crippen molar-refractivity contribution in [1.29, 1.82) is 0 Å². The van der Waals surface area contributed by atoms with Crippen LogP contribution in [0.2, 0.25) is 0 Å². The van der Waals surface area contributed by atoms with Crippen molar-refractivity contribution in [3.8, 4) is 5.75 Å². The minimum absolute atomic E-state index is 0.124. The Morgan fingerprint density at radius 3 is 2.13 bits per heavy atom. The van der Waals surface area contributed by atoms with E-state index in [0.717, 1.165) is 22.3 Å². The first-order chi connectivity index (χ1) is 14.1. The zero-order valence-electron chi connectivity index (χ0n) is 18.3. The summed E-state index contributed by atoms with van der Waals surface area (Å²) in [4.78, 5) is 14.9. The number of carbonyl (C=O) groups is 1. The van der Waals surface area contributed by atoms with Crippen LogP contribution in [0.25, 0.3) is 0 Å². The van der Waals surface area contributed by atoms with Gasteiger partial charge in [-0.05, 0) is 69.5 Å². The van der Waals surface area contributed by atoms with Crippen LogP contribution < -0.4 is 4.74 Å². The molecule has 3 rings (SSSR count). The third-order valence-corrected chi connectivity index (χ3v) is 7.54. The lowest BCUT2D eigenvalue weighted by Crippen LogP contribution is -2.53. The van der Waals surface area contributed by atoms with Gasteiger partial charge in [0.1, 0.15) is 5.75 Å². The standard InChI is InChI=1S/C23H30N2O4S/c1-16-6-8-21(9-7-16)30(27,28)25-12-10-24(11-13-25)23(26)20(5)29-22-15-17(2)14-18(3)19(22)4/h6-9,14-15,20H,10-13H2,1-5H3/t20-/m1/s1. The summed E-state index contributed by atoms with van der Waals surface area (Å²) in [5.74, 6) is 0.592. The molecule has 0 radical (unpaired) electrons. The summed E-state index contributed by atoms with van der Waals surface area (Å²) >= 11 is 0. The Bertz CT molecular complexity index is 1020. The van der Waals surface area contributed by atoms with Crippen LogP contribution in [0.1, 0.15) is 29.2 Å². The van der Waals surface area contributed by atoms with Crippen molar-refractivity contribution in [3.05, 3.63) is 58.7 Å². The summed E-state index contributed by atoms with van der Waals surface area (Å²) < 4.78 is 33.1. The normalized spacial score (nSPS) is 16.4. The average molecular weight is 431 g/mol. The highest BCUT2D eigenvalue weighted by atomic mass is 32.2. The molecule has 0 spiro atoms. The summed E-state index contributed by atoms with van der Waals surface area (Å²) in [5.41, 5.74) is 4.24. The fraction of sp³-hybridized carbons (Fsp3) is 0.435. The van der Waals surface area contributed by atoms with Gasteiger partial charge in [-0.1, -0.05) is 23.8 Å². The van der Waals surface area contributed by atoms with Crippen molar-refractivity contribution in [1.82, 2.24) is 9.21 Å². The molecular formula is C23H30N2O4S. The fourth-order valence-corrected chi connectivity index (χ4v) is 5.05. The van der Waals surface area contributed by atoms with E-state index >= 15 is 0 Å². The zero-order chi connectivity index (χ0) is 22.1. The maximum Gasteiger partial charge on any atom is 0.263 e. The number of sulfonamides is 1. The minimum Gasteiger partial charge on any atom is -0.481 e. The molecule has 2 aromatic rings. The van der Waals surface area contributed by atoms with Gasteiger partial charge in [-0.2, -0.15) is 4.31 Å². The van der Waals surface area contributed by atoms with Gasteiger partial charge in [-0.15, -0.1) is 0 Å². The first-order valence-electron chi connectivity index (χ1n) is 10.2. The molecule has 2 aromatic carbocycles. The summed E-state index contributed by atoms with van der Waals surface area (Å²) in [6.45, 7) is 10.9. The highest BCUT2D eigenvalue weighted by Gasteiger charge is 2.32. The number of benzene rings is 2. The molecule has 1 aliphatic rings. The largest absolute Gasteiger partial charge is 0.481 e. The highest BCUT2D eigenvalue weighted by Crippen LogP contribution is 2.25. The lowest BCUT2D eigenvalue weighted by atomic mass is 10.1. The first-order valence-corrected chi connectivity index (χ1v) is 11.6. The molecule has 6 nitrogen and oxygen atoms in total. The van der Waals surface area contributed by atoms with Crippen molar-refractivity contribution in [2.24, 2.45) is 0 Å². The average Bonchev–Trinajstić information content (AvgIpc) is 2.71.